The van der Waals surface area contributed by atoms with Crippen molar-refractivity contribution >= 4 is 39.8 Å². The molecular weight excluding hydrogens is 566 g/mol. The number of piperidine rings is 1. The highest BCUT2D eigenvalue weighted by atomic mass is 35.5. The molecule has 2 aromatic carbocycles. The number of carbonyl (C=O) groups excluding carboxylic acids is 1. The number of unbranched alkanes of at least 4 members (excludes halogenated alkanes) is 1. The summed E-state index contributed by atoms with van der Waals surface area (Å²) in [6, 6.07) is 18.0. The van der Waals surface area contributed by atoms with Crippen LogP contribution in [0.25, 0.3) is 0 Å². The first-order chi connectivity index (χ1) is 19.2. The van der Waals surface area contributed by atoms with E-state index in [0.29, 0.717) is 34.1 Å². The number of rotatable bonds is 11. The molecule has 0 radical (unpaired) electrons. The maximum atomic E-state index is 13.1. The van der Waals surface area contributed by atoms with Crippen LogP contribution in [-0.4, -0.2) is 56.2 Å². The molecule has 1 saturated heterocycles. The van der Waals surface area contributed by atoms with Crippen molar-refractivity contribution in [1.82, 2.24) is 9.80 Å². The summed E-state index contributed by atoms with van der Waals surface area (Å²) in [5.74, 6) is 1.32. The number of sulfonamides is 1. The van der Waals surface area contributed by atoms with Crippen molar-refractivity contribution in [2.75, 3.05) is 35.9 Å². The number of nitrogens with one attached hydrogen (secondary N) is 2. The van der Waals surface area contributed by atoms with E-state index in [4.69, 9.17) is 4.74 Å². The first kappa shape index (κ1) is 32.0. The monoisotopic (exact) mass is 603 g/mol. The van der Waals surface area contributed by atoms with E-state index in [-0.39, 0.29) is 24.5 Å². The SMILES string of the molecule is CCCCN(C(=O)Nc1cc[n+]([O-])cc1)C1CCN(Cc2ccc(Oc3ccc(NS(C)(=O)=O)cc3)cc2)CC1.Cl. The molecule has 222 valence electrons. The molecule has 1 aromatic heterocycles. The molecule has 2 amide bonds. The van der Waals surface area contributed by atoms with Gasteiger partial charge in [0.15, 0.2) is 12.4 Å². The number of halogens is 1. The number of hydrogen-bond donors (Lipinski definition) is 2. The number of hydrogen-bond acceptors (Lipinski definition) is 6. The third kappa shape index (κ3) is 10.1. The molecule has 2 heterocycles. The second-order valence-electron chi connectivity index (χ2n) is 10.1. The standard InChI is InChI=1S/C29H37N5O5S.ClH/c1-3-4-17-34(29(35)30-24-13-20-33(36)21-14-24)26-15-18-32(19-16-26)22-23-5-9-27(10-6-23)39-28-11-7-25(8-12-28)31-40(2,37)38;/h5-14,20-21,26,31H,3-4,15-19,22H2,1-2H3,(H,30,35);1H. The van der Waals surface area contributed by atoms with E-state index in [1.54, 1.807) is 36.4 Å². The van der Waals surface area contributed by atoms with Crippen LogP contribution < -0.4 is 19.5 Å². The normalized spacial score (nSPS) is 14.1. The summed E-state index contributed by atoms with van der Waals surface area (Å²) in [6.07, 6.45) is 7.62. The van der Waals surface area contributed by atoms with Gasteiger partial charge in [-0.3, -0.25) is 9.62 Å². The van der Waals surface area contributed by atoms with Gasteiger partial charge in [0.1, 0.15) is 11.5 Å². The molecule has 10 nitrogen and oxygen atoms in total. The van der Waals surface area contributed by atoms with Gasteiger partial charge >= 0.3 is 6.03 Å². The number of anilines is 2. The fourth-order valence-electron chi connectivity index (χ4n) is 4.72. The summed E-state index contributed by atoms with van der Waals surface area (Å²) in [7, 11) is -3.32. The van der Waals surface area contributed by atoms with Crippen molar-refractivity contribution in [3.05, 3.63) is 83.8 Å². The molecule has 41 heavy (non-hydrogen) atoms. The highest BCUT2D eigenvalue weighted by molar-refractivity contribution is 7.92. The predicted molar refractivity (Wildman–Crippen MR) is 163 cm³/mol. The zero-order valence-corrected chi connectivity index (χ0v) is 25.0. The summed E-state index contributed by atoms with van der Waals surface area (Å²) in [5.41, 5.74) is 2.28. The van der Waals surface area contributed by atoms with Crippen molar-refractivity contribution < 1.29 is 22.7 Å². The lowest BCUT2D eigenvalue weighted by Gasteiger charge is -2.38. The van der Waals surface area contributed by atoms with Gasteiger partial charge in [0.05, 0.1) is 11.9 Å². The molecule has 12 heteroatoms. The molecule has 3 aromatic rings. The van der Waals surface area contributed by atoms with E-state index in [1.807, 2.05) is 29.2 Å². The third-order valence-electron chi connectivity index (χ3n) is 6.79. The van der Waals surface area contributed by atoms with Gasteiger partial charge in [0.25, 0.3) is 0 Å². The quantitative estimate of drug-likeness (QED) is 0.230. The Labute approximate surface area is 248 Å². The maximum Gasteiger partial charge on any atom is 0.322 e. The minimum atomic E-state index is -3.32. The lowest BCUT2D eigenvalue weighted by molar-refractivity contribution is -0.605. The van der Waals surface area contributed by atoms with Crippen LogP contribution in [0.4, 0.5) is 16.2 Å². The topological polar surface area (TPSA) is 118 Å². The number of carbonyl (C=O) groups is 1. The Hall–Kier alpha value is -3.54. The maximum absolute atomic E-state index is 13.1. The highest BCUT2D eigenvalue weighted by Crippen LogP contribution is 2.25. The predicted octanol–water partition coefficient (Wildman–Crippen LogP) is 5.20. The van der Waals surface area contributed by atoms with Crippen molar-refractivity contribution in [2.45, 2.75) is 45.2 Å². The van der Waals surface area contributed by atoms with Gasteiger partial charge in [0.2, 0.25) is 10.0 Å². The van der Waals surface area contributed by atoms with Gasteiger partial charge in [-0.1, -0.05) is 25.5 Å². The molecule has 0 spiro atoms. The van der Waals surface area contributed by atoms with Crippen LogP contribution >= 0.6 is 12.4 Å². The first-order valence-corrected chi connectivity index (χ1v) is 15.4. The van der Waals surface area contributed by atoms with Crippen LogP contribution in [0.2, 0.25) is 0 Å². The Morgan fingerprint density at radius 2 is 1.59 bits per heavy atom. The van der Waals surface area contributed by atoms with Gasteiger partial charge in [-0.05, 0) is 61.2 Å². The van der Waals surface area contributed by atoms with E-state index in [9.17, 15) is 18.4 Å². The average molecular weight is 604 g/mol. The molecule has 2 N–H and O–H groups in total. The van der Waals surface area contributed by atoms with Crippen LogP contribution in [0.3, 0.4) is 0 Å². The second-order valence-corrected chi connectivity index (χ2v) is 11.8. The Balaban J connectivity index is 0.00000462. The van der Waals surface area contributed by atoms with Crippen molar-refractivity contribution in [3.8, 4) is 11.5 Å². The summed E-state index contributed by atoms with van der Waals surface area (Å²) in [5, 5.41) is 14.2. The number of pyridine rings is 1. The van der Waals surface area contributed by atoms with Gasteiger partial charge < -0.3 is 20.2 Å². The van der Waals surface area contributed by atoms with Gasteiger partial charge in [-0.2, -0.15) is 4.73 Å². The smallest absolute Gasteiger partial charge is 0.322 e. The van der Waals surface area contributed by atoms with E-state index >= 15 is 0 Å². The molecule has 0 bridgehead atoms. The molecular formula is C29H38ClN5O5S. The van der Waals surface area contributed by atoms with Crippen LogP contribution in [0.1, 0.15) is 38.2 Å². The fraction of sp³-hybridized carbons (Fsp3) is 0.379. The fourth-order valence-corrected chi connectivity index (χ4v) is 5.29. The number of benzene rings is 2. The molecule has 1 aliphatic heterocycles. The number of aromatic nitrogens is 1. The molecule has 1 fully saturated rings. The van der Waals surface area contributed by atoms with E-state index in [0.717, 1.165) is 51.6 Å². The van der Waals surface area contributed by atoms with Crippen molar-refractivity contribution in [2.24, 2.45) is 0 Å². The number of urea groups is 1. The third-order valence-corrected chi connectivity index (χ3v) is 7.39. The lowest BCUT2D eigenvalue weighted by atomic mass is 10.0. The summed E-state index contributed by atoms with van der Waals surface area (Å²) in [6.45, 7) is 5.44. The average Bonchev–Trinajstić information content (AvgIpc) is 2.92. The molecule has 4 rings (SSSR count). The second kappa shape index (κ2) is 14.9. The highest BCUT2D eigenvalue weighted by Gasteiger charge is 2.28. The first-order valence-electron chi connectivity index (χ1n) is 13.5. The molecule has 1 aliphatic rings. The van der Waals surface area contributed by atoms with E-state index < -0.39 is 10.0 Å². The van der Waals surface area contributed by atoms with Crippen LogP contribution in [0.15, 0.2) is 73.1 Å². The number of ether oxygens (including phenoxy) is 1. The molecule has 0 aliphatic carbocycles. The zero-order valence-electron chi connectivity index (χ0n) is 23.4. The molecule has 0 saturated carbocycles. The van der Waals surface area contributed by atoms with Gasteiger partial charge in [-0.15, -0.1) is 12.4 Å². The van der Waals surface area contributed by atoms with Gasteiger partial charge in [0, 0.05) is 50.0 Å². The lowest BCUT2D eigenvalue weighted by Crippen LogP contribution is -2.49. The van der Waals surface area contributed by atoms with Gasteiger partial charge in [-0.25, -0.2) is 13.2 Å². The molecule has 0 unspecified atom stereocenters. The Kier molecular flexibility index (Phi) is 11.6. The van der Waals surface area contributed by atoms with Crippen molar-refractivity contribution in [3.63, 3.8) is 0 Å². The minimum Gasteiger partial charge on any atom is -0.619 e. The van der Waals surface area contributed by atoms with E-state index in [1.165, 1.54) is 18.0 Å². The number of nitrogens with zero attached hydrogens (tertiary/aromatic N) is 3. The van der Waals surface area contributed by atoms with Crippen molar-refractivity contribution in [1.29, 1.82) is 0 Å². The Morgan fingerprint density at radius 1 is 1.00 bits per heavy atom. The zero-order chi connectivity index (χ0) is 28.5. The molecule has 0 atom stereocenters. The summed E-state index contributed by atoms with van der Waals surface area (Å²) >= 11 is 0. The van der Waals surface area contributed by atoms with Crippen LogP contribution in [0.5, 0.6) is 11.5 Å². The Morgan fingerprint density at radius 3 is 2.15 bits per heavy atom. The minimum absolute atomic E-state index is 0. The van der Waals surface area contributed by atoms with Crippen LogP contribution in [-0.2, 0) is 16.6 Å². The Bertz CT molecular complexity index is 1350. The largest absolute Gasteiger partial charge is 0.619 e. The van der Waals surface area contributed by atoms with Crippen LogP contribution in [0, 0.1) is 5.21 Å². The number of likely N-dealkylation sites (tertiary alicyclic amines) is 1. The van der Waals surface area contributed by atoms with E-state index in [2.05, 4.69) is 21.9 Å². The summed E-state index contributed by atoms with van der Waals surface area (Å²) < 4.78 is 31.7. The summed E-state index contributed by atoms with van der Waals surface area (Å²) in [4.78, 5) is 17.4. The number of amides is 2.